The zero-order valence-electron chi connectivity index (χ0n) is 14.8. The van der Waals surface area contributed by atoms with E-state index in [1.54, 1.807) is 11.8 Å². The highest BCUT2D eigenvalue weighted by atomic mass is 35.5. The summed E-state index contributed by atoms with van der Waals surface area (Å²) in [5, 5.41) is 1.56. The minimum absolute atomic E-state index is 0.120. The molecule has 4 nitrogen and oxygen atoms in total. The molecule has 0 aliphatic carbocycles. The molecule has 2 aromatic rings. The molecule has 2 atom stereocenters. The van der Waals surface area contributed by atoms with Crippen molar-refractivity contribution >= 4 is 44.1 Å². The minimum Gasteiger partial charge on any atom is -0.315 e. The van der Waals surface area contributed by atoms with E-state index in [0.29, 0.717) is 5.02 Å². The summed E-state index contributed by atoms with van der Waals surface area (Å²) < 4.78 is 24.2. The molecule has 2 heterocycles. The standard InChI is InChI=1S/C20H21ClN2O2S2/c21-16-9-4-10-17(12-16)23-19-14-27(24,25)13-18(19)22-20(23)26-11-5-8-15-6-2-1-3-7-15/h1-4,6-7,9-10,12,18-19H,5,8,11,13-14H2/t18-,19+/m0/s1. The Morgan fingerprint density at radius 2 is 1.93 bits per heavy atom. The van der Waals surface area contributed by atoms with Gasteiger partial charge in [0.25, 0.3) is 0 Å². The van der Waals surface area contributed by atoms with E-state index >= 15 is 0 Å². The molecular formula is C20H21ClN2O2S2. The van der Waals surface area contributed by atoms with Crippen LogP contribution in [-0.4, -0.2) is 42.9 Å². The average molecular weight is 421 g/mol. The molecule has 1 saturated heterocycles. The number of amidine groups is 1. The van der Waals surface area contributed by atoms with E-state index < -0.39 is 9.84 Å². The zero-order valence-corrected chi connectivity index (χ0v) is 17.2. The summed E-state index contributed by atoms with van der Waals surface area (Å²) in [5.41, 5.74) is 2.25. The Kier molecular flexibility index (Phi) is 5.48. The van der Waals surface area contributed by atoms with Crippen LogP contribution in [-0.2, 0) is 16.3 Å². The Bertz CT molecular complexity index is 947. The topological polar surface area (TPSA) is 49.7 Å². The number of halogens is 1. The first-order valence-electron chi connectivity index (χ1n) is 9.02. The van der Waals surface area contributed by atoms with Crippen molar-refractivity contribution in [1.82, 2.24) is 0 Å². The van der Waals surface area contributed by atoms with Crippen molar-refractivity contribution in [2.75, 3.05) is 22.2 Å². The number of sulfone groups is 1. The van der Waals surface area contributed by atoms with Crippen molar-refractivity contribution < 1.29 is 8.42 Å². The van der Waals surface area contributed by atoms with Crippen molar-refractivity contribution in [1.29, 1.82) is 0 Å². The lowest BCUT2D eigenvalue weighted by molar-refractivity contribution is 0.601. The maximum absolute atomic E-state index is 12.1. The maximum atomic E-state index is 12.1. The average Bonchev–Trinajstić information content (AvgIpc) is 3.10. The van der Waals surface area contributed by atoms with Gasteiger partial charge in [0.1, 0.15) is 0 Å². The second-order valence-electron chi connectivity index (χ2n) is 6.91. The van der Waals surface area contributed by atoms with E-state index in [1.165, 1.54) is 5.56 Å². The number of nitrogens with zero attached hydrogens (tertiary/aromatic N) is 2. The smallest absolute Gasteiger partial charge is 0.164 e. The molecule has 2 aliphatic heterocycles. The van der Waals surface area contributed by atoms with Crippen molar-refractivity contribution in [2.45, 2.75) is 24.9 Å². The number of benzene rings is 2. The van der Waals surface area contributed by atoms with E-state index in [4.69, 9.17) is 16.6 Å². The maximum Gasteiger partial charge on any atom is 0.164 e. The summed E-state index contributed by atoms with van der Waals surface area (Å²) in [4.78, 5) is 6.84. The van der Waals surface area contributed by atoms with Crippen LogP contribution >= 0.6 is 23.4 Å². The van der Waals surface area contributed by atoms with Gasteiger partial charge in [0.05, 0.1) is 23.6 Å². The van der Waals surface area contributed by atoms with Gasteiger partial charge in [-0.15, -0.1) is 0 Å². The number of hydrogen-bond acceptors (Lipinski definition) is 5. The molecule has 142 valence electrons. The van der Waals surface area contributed by atoms with Gasteiger partial charge in [-0.25, -0.2) is 8.42 Å². The molecule has 0 bridgehead atoms. The fourth-order valence-electron chi connectivity index (χ4n) is 3.65. The number of anilines is 1. The van der Waals surface area contributed by atoms with Gasteiger partial charge in [0.15, 0.2) is 15.0 Å². The Hall–Kier alpha value is -1.50. The molecule has 0 aromatic heterocycles. The van der Waals surface area contributed by atoms with Crippen molar-refractivity contribution in [3.05, 3.63) is 65.2 Å². The summed E-state index contributed by atoms with van der Waals surface area (Å²) in [6.45, 7) is 0. The van der Waals surface area contributed by atoms with E-state index in [-0.39, 0.29) is 23.6 Å². The summed E-state index contributed by atoms with van der Waals surface area (Å²) >= 11 is 7.88. The van der Waals surface area contributed by atoms with Gasteiger partial charge in [0, 0.05) is 16.5 Å². The molecule has 7 heteroatoms. The van der Waals surface area contributed by atoms with Gasteiger partial charge in [0.2, 0.25) is 0 Å². The fraction of sp³-hybridized carbons (Fsp3) is 0.350. The van der Waals surface area contributed by atoms with E-state index in [1.807, 2.05) is 30.3 Å². The summed E-state index contributed by atoms with van der Waals surface area (Å²) in [7, 11) is -3.03. The first-order chi connectivity index (χ1) is 13.0. The number of rotatable bonds is 5. The Balaban J connectivity index is 1.47. The first-order valence-corrected chi connectivity index (χ1v) is 12.2. The molecule has 1 fully saturated rings. The SMILES string of the molecule is O=S1(=O)C[C@@H]2N=C(SCCCc3ccccc3)N(c3cccc(Cl)c3)[C@@H]2C1. The highest BCUT2D eigenvalue weighted by Gasteiger charge is 2.47. The van der Waals surface area contributed by atoms with E-state index in [0.717, 1.165) is 29.4 Å². The number of fused-ring (bicyclic) bond motifs is 1. The molecular weight excluding hydrogens is 400 g/mol. The Labute approximate surface area is 169 Å². The highest BCUT2D eigenvalue weighted by molar-refractivity contribution is 8.14. The van der Waals surface area contributed by atoms with Crippen LogP contribution in [0.4, 0.5) is 5.69 Å². The number of aliphatic imine (C=N–C) groups is 1. The third-order valence-corrected chi connectivity index (χ3v) is 7.86. The third kappa shape index (κ3) is 4.33. The molecule has 0 amide bonds. The minimum atomic E-state index is -3.03. The van der Waals surface area contributed by atoms with Crippen LogP contribution in [0.2, 0.25) is 5.02 Å². The van der Waals surface area contributed by atoms with Gasteiger partial charge in [-0.05, 0) is 36.6 Å². The summed E-state index contributed by atoms with van der Waals surface area (Å²) in [5.74, 6) is 1.24. The van der Waals surface area contributed by atoms with Crippen molar-refractivity contribution in [2.24, 2.45) is 4.99 Å². The van der Waals surface area contributed by atoms with Crippen LogP contribution in [0.3, 0.4) is 0 Å². The predicted molar refractivity (Wildman–Crippen MR) is 115 cm³/mol. The number of thioether (sulfide) groups is 1. The molecule has 0 saturated carbocycles. The summed E-state index contributed by atoms with van der Waals surface area (Å²) in [6, 6.07) is 17.7. The van der Waals surface area contributed by atoms with Crippen molar-refractivity contribution in [3.63, 3.8) is 0 Å². The van der Waals surface area contributed by atoms with Crippen LogP contribution in [0.15, 0.2) is 59.6 Å². The van der Waals surface area contributed by atoms with E-state index in [9.17, 15) is 8.42 Å². The monoisotopic (exact) mass is 420 g/mol. The molecule has 2 aliphatic rings. The van der Waals surface area contributed by atoms with Crippen LogP contribution in [0.5, 0.6) is 0 Å². The number of aryl methyl sites for hydroxylation is 1. The highest BCUT2D eigenvalue weighted by Crippen LogP contribution is 2.36. The van der Waals surface area contributed by atoms with Gasteiger partial charge in [-0.1, -0.05) is 59.8 Å². The molecule has 27 heavy (non-hydrogen) atoms. The molecule has 0 radical (unpaired) electrons. The van der Waals surface area contributed by atoms with Crippen LogP contribution in [0.25, 0.3) is 0 Å². The van der Waals surface area contributed by atoms with E-state index in [2.05, 4.69) is 29.2 Å². The molecule has 0 spiro atoms. The van der Waals surface area contributed by atoms with Gasteiger partial charge >= 0.3 is 0 Å². The second-order valence-corrected chi connectivity index (χ2v) is 10.6. The first kappa shape index (κ1) is 18.8. The Morgan fingerprint density at radius 1 is 1.11 bits per heavy atom. The quantitative estimate of drug-likeness (QED) is 0.685. The largest absolute Gasteiger partial charge is 0.315 e. The lowest BCUT2D eigenvalue weighted by Gasteiger charge is -2.26. The normalized spacial score (nSPS) is 23.3. The summed E-state index contributed by atoms with van der Waals surface area (Å²) in [6.07, 6.45) is 2.07. The number of hydrogen-bond donors (Lipinski definition) is 0. The second kappa shape index (κ2) is 7.86. The fourth-order valence-corrected chi connectivity index (χ4v) is 6.74. The molecule has 2 aromatic carbocycles. The van der Waals surface area contributed by atoms with Gasteiger partial charge < -0.3 is 4.90 Å². The Morgan fingerprint density at radius 3 is 2.70 bits per heavy atom. The van der Waals surface area contributed by atoms with Crippen LogP contribution < -0.4 is 4.90 Å². The zero-order chi connectivity index (χ0) is 18.9. The lowest BCUT2D eigenvalue weighted by Crippen LogP contribution is -2.39. The van der Waals surface area contributed by atoms with Crippen molar-refractivity contribution in [3.8, 4) is 0 Å². The molecule has 0 unspecified atom stereocenters. The van der Waals surface area contributed by atoms with Crippen LogP contribution in [0.1, 0.15) is 12.0 Å². The van der Waals surface area contributed by atoms with Gasteiger partial charge in [-0.3, -0.25) is 4.99 Å². The lowest BCUT2D eigenvalue weighted by atomic mass is 10.1. The molecule has 0 N–H and O–H groups in total. The molecule has 4 rings (SSSR count). The van der Waals surface area contributed by atoms with Gasteiger partial charge in [-0.2, -0.15) is 0 Å². The third-order valence-electron chi connectivity index (χ3n) is 4.88. The predicted octanol–water partition coefficient (Wildman–Crippen LogP) is 4.05. The van der Waals surface area contributed by atoms with Crippen LogP contribution in [0, 0.1) is 0 Å².